The summed E-state index contributed by atoms with van der Waals surface area (Å²) in [5, 5.41) is 20.5. The fourth-order valence-electron chi connectivity index (χ4n) is 1.39. The van der Waals surface area contributed by atoms with Crippen molar-refractivity contribution in [2.24, 2.45) is 10.9 Å². The molecular weight excluding hydrogens is 222 g/mol. The largest absolute Gasteiger partial charge is 0.465 e. The van der Waals surface area contributed by atoms with E-state index in [1.54, 1.807) is 6.92 Å². The molecule has 6 nitrogen and oxygen atoms in total. The van der Waals surface area contributed by atoms with Gasteiger partial charge in [0, 0.05) is 6.54 Å². The van der Waals surface area contributed by atoms with Crippen LogP contribution in [-0.2, 0) is 6.54 Å². The second-order valence-electron chi connectivity index (χ2n) is 3.60. The summed E-state index contributed by atoms with van der Waals surface area (Å²) in [6, 6.07) is 8.44. The molecule has 0 radical (unpaired) electrons. The molecule has 6 heteroatoms. The first kappa shape index (κ1) is 12.8. The summed E-state index contributed by atoms with van der Waals surface area (Å²) >= 11 is 0. The molecule has 0 spiro atoms. The van der Waals surface area contributed by atoms with E-state index in [1.807, 2.05) is 30.3 Å². The molecule has 92 valence electrons. The van der Waals surface area contributed by atoms with E-state index < -0.39 is 12.1 Å². The first-order valence-corrected chi connectivity index (χ1v) is 5.07. The van der Waals surface area contributed by atoms with Gasteiger partial charge in [0.25, 0.3) is 0 Å². The topological polar surface area (TPSA) is 99.2 Å². The average Bonchev–Trinajstić information content (AvgIpc) is 2.35. The average molecular weight is 237 g/mol. The van der Waals surface area contributed by atoms with Crippen LogP contribution < -0.4 is 5.73 Å². The minimum absolute atomic E-state index is 0.136. The molecule has 17 heavy (non-hydrogen) atoms. The zero-order chi connectivity index (χ0) is 12.8. The predicted octanol–water partition coefficient (Wildman–Crippen LogP) is 1.30. The monoisotopic (exact) mass is 237 g/mol. The van der Waals surface area contributed by atoms with Gasteiger partial charge < -0.3 is 16.0 Å². The minimum atomic E-state index is -1.12. The highest BCUT2D eigenvalue weighted by atomic mass is 16.4. The number of rotatable bonds is 4. The van der Waals surface area contributed by atoms with Gasteiger partial charge in [0.1, 0.15) is 0 Å². The molecule has 0 aromatic heterocycles. The van der Waals surface area contributed by atoms with Gasteiger partial charge >= 0.3 is 6.09 Å². The maximum atomic E-state index is 11.1. The summed E-state index contributed by atoms with van der Waals surface area (Å²) in [6.45, 7) is 1.75. The van der Waals surface area contributed by atoms with Crippen molar-refractivity contribution in [2.75, 3.05) is 0 Å². The fourth-order valence-corrected chi connectivity index (χ4v) is 1.39. The van der Waals surface area contributed by atoms with Crippen molar-refractivity contribution in [1.82, 2.24) is 4.90 Å². The minimum Gasteiger partial charge on any atom is -0.465 e. The number of carbonyl (C=O) groups is 1. The lowest BCUT2D eigenvalue weighted by Crippen LogP contribution is -2.45. The van der Waals surface area contributed by atoms with Gasteiger partial charge in [-0.2, -0.15) is 0 Å². The maximum absolute atomic E-state index is 11.1. The molecule has 1 rings (SSSR count). The van der Waals surface area contributed by atoms with Crippen molar-refractivity contribution < 1.29 is 15.1 Å². The molecule has 4 N–H and O–H groups in total. The van der Waals surface area contributed by atoms with Crippen molar-refractivity contribution in [3.05, 3.63) is 35.9 Å². The molecule has 0 saturated heterocycles. The SMILES string of the molecule is C[C@H](/C(N)=N/O)N(Cc1ccccc1)C(=O)O. The van der Waals surface area contributed by atoms with Crippen LogP contribution in [0.5, 0.6) is 0 Å². The van der Waals surface area contributed by atoms with E-state index in [1.165, 1.54) is 0 Å². The van der Waals surface area contributed by atoms with Gasteiger partial charge in [-0.15, -0.1) is 0 Å². The summed E-state index contributed by atoms with van der Waals surface area (Å²) in [5.41, 5.74) is 6.24. The standard InChI is InChI=1S/C11H15N3O3/c1-8(10(12)13-17)14(11(15)16)7-9-5-3-2-4-6-9/h2-6,8,17H,7H2,1H3,(H2,12,13)(H,15,16)/t8-/m1/s1. The van der Waals surface area contributed by atoms with Crippen LogP contribution in [0.1, 0.15) is 12.5 Å². The number of hydrogen-bond acceptors (Lipinski definition) is 3. The van der Waals surface area contributed by atoms with E-state index in [-0.39, 0.29) is 12.4 Å². The lowest BCUT2D eigenvalue weighted by molar-refractivity contribution is 0.135. The van der Waals surface area contributed by atoms with Gasteiger partial charge in [-0.3, -0.25) is 4.90 Å². The van der Waals surface area contributed by atoms with Crippen LogP contribution in [0.3, 0.4) is 0 Å². The van der Waals surface area contributed by atoms with Gasteiger partial charge in [-0.1, -0.05) is 35.5 Å². The zero-order valence-electron chi connectivity index (χ0n) is 9.45. The number of hydrogen-bond donors (Lipinski definition) is 3. The Labute approximate surface area is 99.0 Å². The third kappa shape index (κ3) is 3.37. The van der Waals surface area contributed by atoms with Crippen LogP contribution in [0.25, 0.3) is 0 Å². The van der Waals surface area contributed by atoms with E-state index in [0.29, 0.717) is 0 Å². The highest BCUT2D eigenvalue weighted by Gasteiger charge is 2.22. The number of amidine groups is 1. The molecule has 1 aromatic carbocycles. The Hall–Kier alpha value is -2.24. The molecular formula is C11H15N3O3. The fraction of sp³-hybridized carbons (Fsp3) is 0.273. The first-order chi connectivity index (χ1) is 8.06. The Morgan fingerprint density at radius 1 is 1.47 bits per heavy atom. The van der Waals surface area contributed by atoms with Gasteiger partial charge in [-0.05, 0) is 12.5 Å². The molecule has 0 unspecified atom stereocenters. The third-order valence-corrected chi connectivity index (χ3v) is 2.45. The van der Waals surface area contributed by atoms with Crippen LogP contribution in [-0.4, -0.2) is 33.2 Å². The van der Waals surface area contributed by atoms with E-state index >= 15 is 0 Å². The Kier molecular flexibility index (Phi) is 4.33. The molecule has 0 aliphatic carbocycles. The summed E-state index contributed by atoms with van der Waals surface area (Å²) in [7, 11) is 0. The van der Waals surface area contributed by atoms with E-state index in [2.05, 4.69) is 5.16 Å². The number of nitrogens with zero attached hydrogens (tertiary/aromatic N) is 2. The molecule has 0 saturated carbocycles. The van der Waals surface area contributed by atoms with Crippen LogP contribution in [0, 0.1) is 0 Å². The van der Waals surface area contributed by atoms with Crippen molar-refractivity contribution in [3.63, 3.8) is 0 Å². The van der Waals surface area contributed by atoms with Crippen molar-refractivity contribution in [3.8, 4) is 0 Å². The first-order valence-electron chi connectivity index (χ1n) is 5.07. The Morgan fingerprint density at radius 2 is 2.06 bits per heavy atom. The van der Waals surface area contributed by atoms with E-state index in [4.69, 9.17) is 16.0 Å². The highest BCUT2D eigenvalue weighted by molar-refractivity contribution is 5.87. The maximum Gasteiger partial charge on any atom is 0.408 e. The molecule has 0 aliphatic rings. The predicted molar refractivity (Wildman–Crippen MR) is 62.9 cm³/mol. The summed E-state index contributed by atoms with van der Waals surface area (Å²) in [4.78, 5) is 12.2. The molecule has 1 amide bonds. The number of carboxylic acid groups (broad SMARTS) is 1. The summed E-state index contributed by atoms with van der Waals surface area (Å²) in [6.07, 6.45) is -1.12. The normalized spacial score (nSPS) is 13.1. The zero-order valence-corrected chi connectivity index (χ0v) is 9.45. The van der Waals surface area contributed by atoms with Gasteiger partial charge in [-0.25, -0.2) is 4.79 Å². The molecule has 0 bridgehead atoms. The Morgan fingerprint density at radius 3 is 2.53 bits per heavy atom. The molecule has 0 aliphatic heterocycles. The van der Waals surface area contributed by atoms with Crippen LogP contribution in [0.15, 0.2) is 35.5 Å². The highest BCUT2D eigenvalue weighted by Crippen LogP contribution is 2.08. The Bertz CT molecular complexity index is 406. The van der Waals surface area contributed by atoms with E-state index in [0.717, 1.165) is 10.5 Å². The molecule has 1 aromatic rings. The Balaban J connectivity index is 2.84. The second-order valence-corrected chi connectivity index (χ2v) is 3.60. The van der Waals surface area contributed by atoms with Crippen LogP contribution >= 0.6 is 0 Å². The van der Waals surface area contributed by atoms with Gasteiger partial charge in [0.2, 0.25) is 0 Å². The van der Waals surface area contributed by atoms with E-state index in [9.17, 15) is 4.79 Å². The molecule has 1 atom stereocenters. The smallest absolute Gasteiger partial charge is 0.408 e. The van der Waals surface area contributed by atoms with Gasteiger partial charge in [0.05, 0.1) is 6.04 Å². The quantitative estimate of drug-likeness (QED) is 0.318. The molecule has 0 fully saturated rings. The second kappa shape index (κ2) is 5.74. The number of oxime groups is 1. The van der Waals surface area contributed by atoms with Crippen molar-refractivity contribution in [2.45, 2.75) is 19.5 Å². The van der Waals surface area contributed by atoms with Crippen LogP contribution in [0.2, 0.25) is 0 Å². The summed E-state index contributed by atoms with van der Waals surface area (Å²) in [5.74, 6) is -0.136. The lowest BCUT2D eigenvalue weighted by atomic mass is 10.2. The van der Waals surface area contributed by atoms with Crippen molar-refractivity contribution >= 4 is 11.9 Å². The number of nitrogens with two attached hydrogens (primary N) is 1. The number of benzene rings is 1. The third-order valence-electron chi connectivity index (χ3n) is 2.45. The lowest BCUT2D eigenvalue weighted by Gasteiger charge is -2.25. The van der Waals surface area contributed by atoms with Crippen LogP contribution in [0.4, 0.5) is 4.79 Å². The molecule has 0 heterocycles. The van der Waals surface area contributed by atoms with Crippen molar-refractivity contribution in [1.29, 1.82) is 0 Å². The summed E-state index contributed by atoms with van der Waals surface area (Å²) < 4.78 is 0. The number of amides is 1. The van der Waals surface area contributed by atoms with Gasteiger partial charge in [0.15, 0.2) is 5.84 Å².